The minimum absolute atomic E-state index is 0.389. The summed E-state index contributed by atoms with van der Waals surface area (Å²) >= 11 is 0. The van der Waals surface area contributed by atoms with Crippen LogP contribution in [0, 0.1) is 5.21 Å². The lowest BCUT2D eigenvalue weighted by molar-refractivity contribution is -0.607. The molecule has 7 nitrogen and oxygen atoms in total. The number of benzene rings is 1. The van der Waals surface area contributed by atoms with Crippen molar-refractivity contribution in [3.05, 3.63) is 29.9 Å². The summed E-state index contributed by atoms with van der Waals surface area (Å²) in [6, 6.07) is 3.47. The Labute approximate surface area is 122 Å². The highest BCUT2D eigenvalue weighted by Crippen LogP contribution is 2.31. The number of hydrogen-bond donors (Lipinski definition) is 0. The van der Waals surface area contributed by atoms with Gasteiger partial charge in [-0.05, 0) is 11.1 Å². The van der Waals surface area contributed by atoms with E-state index in [9.17, 15) is 5.21 Å². The molecule has 0 saturated heterocycles. The molecule has 0 fully saturated rings. The van der Waals surface area contributed by atoms with Crippen molar-refractivity contribution in [1.82, 2.24) is 4.98 Å². The van der Waals surface area contributed by atoms with E-state index in [0.29, 0.717) is 53.6 Å². The van der Waals surface area contributed by atoms with Crippen molar-refractivity contribution >= 4 is 10.9 Å². The third-order valence-electron chi connectivity index (χ3n) is 2.76. The van der Waals surface area contributed by atoms with Crippen LogP contribution in [0.2, 0.25) is 0 Å². The van der Waals surface area contributed by atoms with Crippen molar-refractivity contribution in [2.75, 3.05) is 40.6 Å². The van der Waals surface area contributed by atoms with Gasteiger partial charge in [-0.2, -0.15) is 0 Å². The summed E-state index contributed by atoms with van der Waals surface area (Å²) in [7, 11) is 3.21. The molecule has 7 heteroatoms. The third kappa shape index (κ3) is 4.17. The lowest BCUT2D eigenvalue weighted by Crippen LogP contribution is -2.25. The number of ether oxygens (including phenoxy) is 4. The fraction of sp³-hybridized carbons (Fsp3) is 0.429. The van der Waals surface area contributed by atoms with Crippen molar-refractivity contribution in [3.63, 3.8) is 0 Å². The summed E-state index contributed by atoms with van der Waals surface area (Å²) < 4.78 is 21.8. The molecule has 2 rings (SSSR count). The number of rotatable bonds is 8. The van der Waals surface area contributed by atoms with Crippen molar-refractivity contribution in [1.29, 1.82) is 0 Å². The maximum Gasteiger partial charge on any atom is 0.289 e. The Bertz CT molecular complexity index is 591. The van der Waals surface area contributed by atoms with Gasteiger partial charge in [-0.25, -0.2) is 4.73 Å². The quantitative estimate of drug-likeness (QED) is 0.409. The molecule has 0 unspecified atom stereocenters. The predicted octanol–water partition coefficient (Wildman–Crippen LogP) is 0.919. The highest BCUT2D eigenvalue weighted by atomic mass is 16.5. The van der Waals surface area contributed by atoms with Gasteiger partial charge in [0.1, 0.15) is 19.4 Å². The summed E-state index contributed by atoms with van der Waals surface area (Å²) in [5.74, 6) is 1.11. The van der Waals surface area contributed by atoms with E-state index in [2.05, 4.69) is 4.98 Å². The zero-order chi connectivity index (χ0) is 15.1. The van der Waals surface area contributed by atoms with Gasteiger partial charge < -0.3 is 24.2 Å². The second kappa shape index (κ2) is 7.61. The molecule has 0 spiro atoms. The summed E-state index contributed by atoms with van der Waals surface area (Å²) in [5.41, 5.74) is 0.661. The zero-order valence-corrected chi connectivity index (χ0v) is 12.1. The van der Waals surface area contributed by atoms with Crippen LogP contribution in [0.4, 0.5) is 0 Å². The van der Waals surface area contributed by atoms with E-state index in [-0.39, 0.29) is 0 Å². The molecule has 2 aromatic rings. The SMILES string of the molecule is COCCOc1cc2c[n+]([O-])cnc2cc1OCCOC. The van der Waals surface area contributed by atoms with Crippen LogP contribution in [0.15, 0.2) is 24.7 Å². The first-order valence-corrected chi connectivity index (χ1v) is 6.50. The summed E-state index contributed by atoms with van der Waals surface area (Å²) in [6.07, 6.45) is 2.64. The minimum atomic E-state index is 0.389. The first kappa shape index (κ1) is 15.3. The van der Waals surface area contributed by atoms with Crippen LogP contribution in [-0.4, -0.2) is 45.6 Å². The molecule has 0 aliphatic carbocycles. The Kier molecular flexibility index (Phi) is 5.53. The molecule has 0 aliphatic rings. The molecule has 1 aromatic carbocycles. The lowest BCUT2D eigenvalue weighted by Gasteiger charge is -2.13. The van der Waals surface area contributed by atoms with Crippen LogP contribution < -0.4 is 14.2 Å². The van der Waals surface area contributed by atoms with Crippen molar-refractivity contribution in [3.8, 4) is 11.5 Å². The largest absolute Gasteiger partial charge is 0.711 e. The molecule has 0 bridgehead atoms. The lowest BCUT2D eigenvalue weighted by atomic mass is 10.2. The molecule has 1 aromatic heterocycles. The van der Waals surface area contributed by atoms with E-state index in [4.69, 9.17) is 18.9 Å². The number of nitrogens with zero attached hydrogens (tertiary/aromatic N) is 2. The molecule has 0 N–H and O–H groups in total. The fourth-order valence-electron chi connectivity index (χ4n) is 1.77. The maximum absolute atomic E-state index is 11.3. The second-order valence-corrected chi connectivity index (χ2v) is 4.27. The number of hydrogen-bond acceptors (Lipinski definition) is 6. The van der Waals surface area contributed by atoms with E-state index >= 15 is 0 Å². The Hall–Kier alpha value is -2.12. The Balaban J connectivity index is 2.27. The van der Waals surface area contributed by atoms with Crippen LogP contribution in [0.25, 0.3) is 10.9 Å². The average molecular weight is 294 g/mol. The molecule has 0 amide bonds. The predicted molar refractivity (Wildman–Crippen MR) is 75.4 cm³/mol. The number of fused-ring (bicyclic) bond motifs is 1. The van der Waals surface area contributed by atoms with Crippen molar-refractivity contribution in [2.45, 2.75) is 0 Å². The highest BCUT2D eigenvalue weighted by molar-refractivity contribution is 5.81. The van der Waals surface area contributed by atoms with Gasteiger partial charge in [-0.15, -0.1) is 0 Å². The third-order valence-corrected chi connectivity index (χ3v) is 2.76. The minimum Gasteiger partial charge on any atom is -0.711 e. The molecule has 0 radical (unpaired) electrons. The van der Waals surface area contributed by atoms with Gasteiger partial charge in [0.2, 0.25) is 0 Å². The van der Waals surface area contributed by atoms with Crippen molar-refractivity contribution in [2.24, 2.45) is 0 Å². The van der Waals surface area contributed by atoms with Crippen LogP contribution >= 0.6 is 0 Å². The molecule has 114 valence electrons. The Morgan fingerprint density at radius 3 is 2.24 bits per heavy atom. The zero-order valence-electron chi connectivity index (χ0n) is 12.1. The maximum atomic E-state index is 11.3. The molecule has 21 heavy (non-hydrogen) atoms. The van der Waals surface area contributed by atoms with E-state index in [1.54, 1.807) is 26.4 Å². The van der Waals surface area contributed by atoms with E-state index < -0.39 is 0 Å². The molecular formula is C14H18N2O5. The van der Waals surface area contributed by atoms with Gasteiger partial charge in [0.05, 0.1) is 18.6 Å². The first-order chi connectivity index (χ1) is 10.2. The van der Waals surface area contributed by atoms with E-state index in [1.165, 1.54) is 12.5 Å². The standard InChI is InChI=1S/C14H18N2O5/c1-18-3-5-20-13-7-11-9-16(17)10-15-12(11)8-14(13)21-6-4-19-2/h7-10H,3-6H2,1-2H3. The van der Waals surface area contributed by atoms with E-state index in [1.807, 2.05) is 0 Å². The second-order valence-electron chi connectivity index (χ2n) is 4.27. The van der Waals surface area contributed by atoms with Gasteiger partial charge in [0.15, 0.2) is 17.0 Å². The van der Waals surface area contributed by atoms with E-state index in [0.717, 1.165) is 0 Å². The average Bonchev–Trinajstić information content (AvgIpc) is 2.48. The first-order valence-electron chi connectivity index (χ1n) is 6.50. The highest BCUT2D eigenvalue weighted by Gasteiger charge is 2.12. The van der Waals surface area contributed by atoms with Crippen LogP contribution in [0.3, 0.4) is 0 Å². The van der Waals surface area contributed by atoms with Gasteiger partial charge in [0, 0.05) is 20.3 Å². The van der Waals surface area contributed by atoms with Gasteiger partial charge in [-0.1, -0.05) is 0 Å². The molecule has 0 atom stereocenters. The summed E-state index contributed by atoms with van der Waals surface area (Å²) in [6.45, 7) is 1.72. The molecule has 0 aliphatic heterocycles. The smallest absolute Gasteiger partial charge is 0.289 e. The summed E-state index contributed by atoms with van der Waals surface area (Å²) in [4.78, 5) is 4.07. The Morgan fingerprint density at radius 1 is 1.00 bits per heavy atom. The van der Waals surface area contributed by atoms with Crippen LogP contribution in [0.5, 0.6) is 11.5 Å². The van der Waals surface area contributed by atoms with Crippen LogP contribution in [-0.2, 0) is 9.47 Å². The van der Waals surface area contributed by atoms with Crippen LogP contribution in [0.1, 0.15) is 0 Å². The van der Waals surface area contributed by atoms with Gasteiger partial charge in [-0.3, -0.25) is 0 Å². The Morgan fingerprint density at radius 2 is 1.62 bits per heavy atom. The van der Waals surface area contributed by atoms with Gasteiger partial charge in [0.25, 0.3) is 6.33 Å². The monoisotopic (exact) mass is 294 g/mol. The fourth-order valence-corrected chi connectivity index (χ4v) is 1.77. The normalized spacial score (nSPS) is 10.8. The molecule has 1 heterocycles. The number of aromatic nitrogens is 2. The molecular weight excluding hydrogens is 276 g/mol. The topological polar surface area (TPSA) is 76.8 Å². The van der Waals surface area contributed by atoms with Crippen molar-refractivity contribution < 1.29 is 23.7 Å². The number of methoxy groups -OCH3 is 2. The summed E-state index contributed by atoms with van der Waals surface area (Å²) in [5, 5.41) is 12.0. The van der Waals surface area contributed by atoms with Gasteiger partial charge >= 0.3 is 0 Å². The molecule has 0 saturated carbocycles.